The van der Waals surface area contributed by atoms with Crippen molar-refractivity contribution in [2.45, 2.75) is 46.6 Å². The molecule has 22 heavy (non-hydrogen) atoms. The lowest BCUT2D eigenvalue weighted by atomic mass is 9.95. The van der Waals surface area contributed by atoms with Crippen molar-refractivity contribution in [1.82, 2.24) is 10.5 Å². The van der Waals surface area contributed by atoms with Crippen LogP contribution in [0.25, 0.3) is 0 Å². The first-order chi connectivity index (χ1) is 10.5. The smallest absolute Gasteiger partial charge is 0.220 e. The summed E-state index contributed by atoms with van der Waals surface area (Å²) in [5, 5.41) is 7.07. The van der Waals surface area contributed by atoms with Crippen LogP contribution in [-0.2, 0) is 11.2 Å². The van der Waals surface area contributed by atoms with E-state index < -0.39 is 0 Å². The Bertz CT molecular complexity index is 598. The first-order valence-electron chi connectivity index (χ1n) is 7.75. The fraction of sp³-hybridized carbons (Fsp3) is 0.444. The largest absolute Gasteiger partial charge is 0.361 e. The maximum atomic E-state index is 12.3. The van der Waals surface area contributed by atoms with Crippen molar-refractivity contribution < 1.29 is 9.32 Å². The highest BCUT2D eigenvalue weighted by atomic mass is 16.5. The van der Waals surface area contributed by atoms with Crippen molar-refractivity contribution in [3.8, 4) is 0 Å². The van der Waals surface area contributed by atoms with Crippen LogP contribution in [0.15, 0.2) is 34.9 Å². The molecule has 1 aromatic carbocycles. The molecule has 1 amide bonds. The molecule has 1 aromatic heterocycles. The Hall–Kier alpha value is -2.10. The minimum Gasteiger partial charge on any atom is -0.361 e. The van der Waals surface area contributed by atoms with Crippen LogP contribution in [0.5, 0.6) is 0 Å². The third kappa shape index (κ3) is 3.97. The van der Waals surface area contributed by atoms with Crippen molar-refractivity contribution in [3.63, 3.8) is 0 Å². The van der Waals surface area contributed by atoms with E-state index in [0.717, 1.165) is 22.6 Å². The zero-order valence-corrected chi connectivity index (χ0v) is 13.7. The van der Waals surface area contributed by atoms with Crippen LogP contribution in [0.1, 0.15) is 48.9 Å². The second-order valence-electron chi connectivity index (χ2n) is 6.00. The van der Waals surface area contributed by atoms with Crippen LogP contribution >= 0.6 is 0 Å². The Morgan fingerprint density at radius 3 is 2.45 bits per heavy atom. The summed E-state index contributed by atoms with van der Waals surface area (Å²) in [6, 6.07) is 10.1. The van der Waals surface area contributed by atoms with Gasteiger partial charge in [0, 0.05) is 12.0 Å². The van der Waals surface area contributed by atoms with Crippen molar-refractivity contribution in [2.24, 2.45) is 5.92 Å². The van der Waals surface area contributed by atoms with Crippen molar-refractivity contribution in [1.29, 1.82) is 0 Å². The van der Waals surface area contributed by atoms with Gasteiger partial charge in [-0.3, -0.25) is 4.79 Å². The van der Waals surface area contributed by atoms with E-state index in [4.69, 9.17) is 4.52 Å². The molecular formula is C18H24N2O2. The lowest BCUT2D eigenvalue weighted by molar-refractivity contribution is -0.122. The van der Waals surface area contributed by atoms with Crippen LogP contribution in [0.4, 0.5) is 0 Å². The molecule has 0 aliphatic rings. The second kappa shape index (κ2) is 7.25. The molecule has 0 bridgehead atoms. The summed E-state index contributed by atoms with van der Waals surface area (Å²) in [4.78, 5) is 12.3. The molecule has 4 nitrogen and oxygen atoms in total. The van der Waals surface area contributed by atoms with Crippen LogP contribution in [0.3, 0.4) is 0 Å². The lowest BCUT2D eigenvalue weighted by Crippen LogP contribution is -2.31. The number of hydrogen-bond donors (Lipinski definition) is 1. The highest BCUT2D eigenvalue weighted by Gasteiger charge is 2.18. The lowest BCUT2D eigenvalue weighted by Gasteiger charge is -2.23. The maximum Gasteiger partial charge on any atom is 0.220 e. The van der Waals surface area contributed by atoms with Gasteiger partial charge in [-0.2, -0.15) is 0 Å². The predicted molar refractivity (Wildman–Crippen MR) is 86.5 cm³/mol. The number of aryl methyl sites for hydroxylation is 2. The molecule has 0 radical (unpaired) electrons. The minimum absolute atomic E-state index is 0.0402. The molecule has 1 unspecified atom stereocenters. The maximum absolute atomic E-state index is 12.3. The van der Waals surface area contributed by atoms with E-state index in [2.05, 4.69) is 36.5 Å². The van der Waals surface area contributed by atoms with Gasteiger partial charge < -0.3 is 9.84 Å². The topological polar surface area (TPSA) is 55.1 Å². The molecule has 0 fully saturated rings. The predicted octanol–water partition coefficient (Wildman–Crippen LogP) is 3.74. The summed E-state index contributed by atoms with van der Waals surface area (Å²) in [6.07, 6.45) is 1.10. The Balaban J connectivity index is 1.98. The zero-order chi connectivity index (χ0) is 16.1. The van der Waals surface area contributed by atoms with E-state index in [1.54, 1.807) is 0 Å². The zero-order valence-electron chi connectivity index (χ0n) is 13.7. The van der Waals surface area contributed by atoms with Gasteiger partial charge in [-0.25, -0.2) is 0 Å². The molecule has 4 heteroatoms. The number of nitrogens with one attached hydrogen (secondary N) is 1. The molecule has 0 spiro atoms. The summed E-state index contributed by atoms with van der Waals surface area (Å²) in [6.45, 7) is 8.03. The summed E-state index contributed by atoms with van der Waals surface area (Å²) < 4.78 is 5.13. The van der Waals surface area contributed by atoms with E-state index in [0.29, 0.717) is 18.8 Å². The van der Waals surface area contributed by atoms with Gasteiger partial charge in [0.1, 0.15) is 5.76 Å². The monoisotopic (exact) mass is 300 g/mol. The van der Waals surface area contributed by atoms with E-state index in [9.17, 15) is 4.79 Å². The fourth-order valence-electron chi connectivity index (χ4n) is 2.64. The number of amides is 1. The van der Waals surface area contributed by atoms with Crippen LogP contribution in [0, 0.1) is 19.8 Å². The van der Waals surface area contributed by atoms with Crippen LogP contribution in [-0.4, -0.2) is 11.1 Å². The van der Waals surface area contributed by atoms with Crippen LogP contribution in [0.2, 0.25) is 0 Å². The second-order valence-corrected chi connectivity index (χ2v) is 6.00. The number of carbonyl (C=O) groups excluding carboxylic acids is 1. The molecule has 118 valence electrons. The first kappa shape index (κ1) is 16.3. The summed E-state index contributed by atoms with van der Waals surface area (Å²) in [5.74, 6) is 1.20. The van der Waals surface area contributed by atoms with E-state index in [1.165, 1.54) is 0 Å². The van der Waals surface area contributed by atoms with Gasteiger partial charge in [-0.1, -0.05) is 49.3 Å². The molecule has 1 heterocycles. The number of benzene rings is 1. The van der Waals surface area contributed by atoms with Crippen molar-refractivity contribution in [3.05, 3.63) is 52.9 Å². The molecule has 0 saturated heterocycles. The quantitative estimate of drug-likeness (QED) is 0.884. The molecule has 1 N–H and O–H groups in total. The Morgan fingerprint density at radius 1 is 1.23 bits per heavy atom. The van der Waals surface area contributed by atoms with E-state index >= 15 is 0 Å². The summed E-state index contributed by atoms with van der Waals surface area (Å²) >= 11 is 0. The minimum atomic E-state index is 0.0402. The highest BCUT2D eigenvalue weighted by molar-refractivity contribution is 5.76. The number of rotatable bonds is 6. The van der Waals surface area contributed by atoms with Crippen LogP contribution < -0.4 is 5.32 Å². The standard InChI is InChI=1S/C18H24N2O2/c1-12(2)18(15-8-6-5-7-9-15)19-17(21)11-10-16-13(3)20-22-14(16)4/h5-9,12,18H,10-11H2,1-4H3,(H,19,21). The number of carbonyl (C=O) groups is 1. The molecule has 0 aliphatic heterocycles. The van der Waals surface area contributed by atoms with Gasteiger partial charge in [-0.15, -0.1) is 0 Å². The van der Waals surface area contributed by atoms with Gasteiger partial charge >= 0.3 is 0 Å². The normalized spacial score (nSPS) is 12.4. The molecule has 0 saturated carbocycles. The van der Waals surface area contributed by atoms with Gasteiger partial charge in [0.15, 0.2) is 0 Å². The molecule has 0 aliphatic carbocycles. The Kier molecular flexibility index (Phi) is 5.36. The summed E-state index contributed by atoms with van der Waals surface area (Å²) in [5.41, 5.74) is 3.05. The van der Waals surface area contributed by atoms with E-state index in [1.807, 2.05) is 32.0 Å². The average Bonchev–Trinajstić information content (AvgIpc) is 2.82. The van der Waals surface area contributed by atoms with Gasteiger partial charge in [0.25, 0.3) is 0 Å². The Morgan fingerprint density at radius 2 is 1.91 bits per heavy atom. The Labute approximate surface area is 131 Å². The fourth-order valence-corrected chi connectivity index (χ4v) is 2.64. The van der Waals surface area contributed by atoms with Gasteiger partial charge in [0.05, 0.1) is 11.7 Å². The number of nitrogens with zero attached hydrogens (tertiary/aromatic N) is 1. The van der Waals surface area contributed by atoms with Crippen molar-refractivity contribution in [2.75, 3.05) is 0 Å². The van der Waals surface area contributed by atoms with Gasteiger partial charge in [0.2, 0.25) is 5.91 Å². The third-order valence-corrected chi connectivity index (χ3v) is 3.93. The third-order valence-electron chi connectivity index (χ3n) is 3.93. The molecule has 2 aromatic rings. The van der Waals surface area contributed by atoms with E-state index in [-0.39, 0.29) is 11.9 Å². The number of aromatic nitrogens is 1. The first-order valence-corrected chi connectivity index (χ1v) is 7.75. The van der Waals surface area contributed by atoms with Crippen molar-refractivity contribution >= 4 is 5.91 Å². The molecule has 2 rings (SSSR count). The van der Waals surface area contributed by atoms with Gasteiger partial charge in [-0.05, 0) is 31.7 Å². The number of hydrogen-bond acceptors (Lipinski definition) is 3. The molecule has 1 atom stereocenters. The molecular weight excluding hydrogens is 276 g/mol. The SMILES string of the molecule is Cc1noc(C)c1CCC(=O)NC(c1ccccc1)C(C)C. The average molecular weight is 300 g/mol. The highest BCUT2D eigenvalue weighted by Crippen LogP contribution is 2.22. The summed E-state index contributed by atoms with van der Waals surface area (Å²) in [7, 11) is 0.